The van der Waals surface area contributed by atoms with Crippen LogP contribution in [0.2, 0.25) is 5.02 Å². The van der Waals surface area contributed by atoms with Gasteiger partial charge in [0.25, 0.3) is 0 Å². The highest BCUT2D eigenvalue weighted by Crippen LogP contribution is 2.26. The highest BCUT2D eigenvalue weighted by atomic mass is 35.5. The number of halogens is 1. The Bertz CT molecular complexity index is 907. The fraction of sp³-hybridized carbons (Fsp3) is 0.0556. The number of methoxy groups -OCH3 is 1. The van der Waals surface area contributed by atoms with Crippen molar-refractivity contribution in [3.8, 4) is 0 Å². The van der Waals surface area contributed by atoms with E-state index in [0.29, 0.717) is 21.5 Å². The quantitative estimate of drug-likeness (QED) is 0.541. The number of rotatable bonds is 3. The fourth-order valence-corrected chi connectivity index (χ4v) is 2.58. The Morgan fingerprint density at radius 1 is 1.09 bits per heavy atom. The zero-order valence-corrected chi connectivity index (χ0v) is 13.0. The molecule has 0 aliphatic heterocycles. The van der Waals surface area contributed by atoms with E-state index >= 15 is 0 Å². The maximum absolute atomic E-state index is 12.7. The van der Waals surface area contributed by atoms with E-state index in [2.05, 4.69) is 4.98 Å². The molecule has 1 heterocycles. The van der Waals surface area contributed by atoms with Crippen LogP contribution in [-0.4, -0.2) is 23.8 Å². The summed E-state index contributed by atoms with van der Waals surface area (Å²) in [6.45, 7) is 0. The lowest BCUT2D eigenvalue weighted by Crippen LogP contribution is -2.13. The maximum Gasteiger partial charge on any atom is 0.339 e. The van der Waals surface area contributed by atoms with Crippen LogP contribution in [0.3, 0.4) is 0 Å². The molecular formula is C18H12ClNO3. The number of esters is 1. The number of nitrogens with zero attached hydrogens (tertiary/aromatic N) is 1. The van der Waals surface area contributed by atoms with Gasteiger partial charge in [-0.25, -0.2) is 4.79 Å². The van der Waals surface area contributed by atoms with Gasteiger partial charge in [0, 0.05) is 22.2 Å². The number of ketones is 1. The van der Waals surface area contributed by atoms with Gasteiger partial charge in [-0.15, -0.1) is 0 Å². The van der Waals surface area contributed by atoms with Gasteiger partial charge in [0.2, 0.25) is 0 Å². The highest BCUT2D eigenvalue weighted by Gasteiger charge is 2.22. The smallest absolute Gasteiger partial charge is 0.339 e. The van der Waals surface area contributed by atoms with Crippen molar-refractivity contribution in [3.63, 3.8) is 0 Å². The number of ether oxygens (including phenoxy) is 1. The summed E-state index contributed by atoms with van der Waals surface area (Å²) >= 11 is 6.02. The van der Waals surface area contributed by atoms with Gasteiger partial charge in [0.05, 0.1) is 23.8 Å². The molecule has 0 radical (unpaired) electrons. The van der Waals surface area contributed by atoms with Crippen LogP contribution in [0, 0.1) is 0 Å². The van der Waals surface area contributed by atoms with Crippen molar-refractivity contribution in [3.05, 3.63) is 76.4 Å². The lowest BCUT2D eigenvalue weighted by molar-refractivity contribution is 0.0599. The summed E-state index contributed by atoms with van der Waals surface area (Å²) in [5.74, 6) is -0.890. The summed E-state index contributed by atoms with van der Waals surface area (Å²) in [7, 11) is 1.27. The van der Waals surface area contributed by atoms with Crippen LogP contribution in [0.1, 0.15) is 26.3 Å². The van der Waals surface area contributed by atoms with Crippen LogP contribution < -0.4 is 0 Å². The summed E-state index contributed by atoms with van der Waals surface area (Å²) in [6, 6.07) is 13.7. The van der Waals surface area contributed by atoms with Crippen molar-refractivity contribution < 1.29 is 14.3 Å². The van der Waals surface area contributed by atoms with Gasteiger partial charge < -0.3 is 4.74 Å². The largest absolute Gasteiger partial charge is 0.465 e. The summed E-state index contributed by atoms with van der Waals surface area (Å²) < 4.78 is 4.85. The predicted octanol–water partition coefficient (Wildman–Crippen LogP) is 3.91. The molecule has 0 aliphatic rings. The first-order valence-electron chi connectivity index (χ1n) is 6.88. The van der Waals surface area contributed by atoms with Crippen LogP contribution in [0.25, 0.3) is 10.9 Å². The third-order valence-electron chi connectivity index (χ3n) is 3.50. The predicted molar refractivity (Wildman–Crippen MR) is 88.0 cm³/mol. The molecule has 0 saturated carbocycles. The number of hydrogen-bond donors (Lipinski definition) is 0. The van der Waals surface area contributed by atoms with Gasteiger partial charge in [-0.3, -0.25) is 9.78 Å². The highest BCUT2D eigenvalue weighted by molar-refractivity contribution is 6.31. The molecule has 0 aliphatic carbocycles. The lowest BCUT2D eigenvalue weighted by atomic mass is 9.97. The molecular weight excluding hydrogens is 314 g/mol. The van der Waals surface area contributed by atoms with E-state index in [9.17, 15) is 9.59 Å². The summed E-state index contributed by atoms with van der Waals surface area (Å²) in [4.78, 5) is 29.2. The third kappa shape index (κ3) is 2.81. The average molecular weight is 326 g/mol. The Morgan fingerprint density at radius 2 is 1.83 bits per heavy atom. The Kier molecular flexibility index (Phi) is 4.08. The van der Waals surface area contributed by atoms with E-state index in [-0.39, 0.29) is 16.9 Å². The van der Waals surface area contributed by atoms with E-state index in [4.69, 9.17) is 16.3 Å². The second-order valence-corrected chi connectivity index (χ2v) is 5.33. The molecule has 5 heteroatoms. The monoisotopic (exact) mass is 325 g/mol. The molecule has 0 amide bonds. The molecule has 0 atom stereocenters. The molecule has 0 spiro atoms. The summed E-state index contributed by atoms with van der Waals surface area (Å²) in [5, 5.41) is 0.944. The van der Waals surface area contributed by atoms with E-state index in [1.807, 2.05) is 6.07 Å². The molecule has 0 bridgehead atoms. The van der Waals surface area contributed by atoms with Crippen LogP contribution in [0.15, 0.2) is 54.7 Å². The fourth-order valence-electron chi connectivity index (χ4n) is 2.40. The van der Waals surface area contributed by atoms with Gasteiger partial charge >= 0.3 is 5.97 Å². The van der Waals surface area contributed by atoms with E-state index in [1.54, 1.807) is 42.5 Å². The normalized spacial score (nSPS) is 10.5. The molecule has 1 aromatic heterocycles. The Labute approximate surface area is 137 Å². The molecule has 3 rings (SSSR count). The number of carbonyl (C=O) groups is 2. The van der Waals surface area contributed by atoms with E-state index in [0.717, 1.165) is 0 Å². The first-order chi connectivity index (χ1) is 11.1. The van der Waals surface area contributed by atoms with Crippen molar-refractivity contribution >= 4 is 34.3 Å². The van der Waals surface area contributed by atoms with Gasteiger partial charge in [0.1, 0.15) is 0 Å². The molecule has 4 nitrogen and oxygen atoms in total. The number of benzene rings is 2. The van der Waals surface area contributed by atoms with Crippen LogP contribution in [0.4, 0.5) is 0 Å². The van der Waals surface area contributed by atoms with Gasteiger partial charge in [-0.05, 0) is 18.2 Å². The van der Waals surface area contributed by atoms with E-state index < -0.39 is 5.97 Å². The number of carbonyl (C=O) groups excluding carboxylic acids is 2. The zero-order chi connectivity index (χ0) is 16.4. The standard InChI is InChI=1S/C18H12ClNO3/c1-23-18(22)16-13-9-12(19)7-8-15(13)20-10-14(16)17(21)11-5-3-2-4-6-11/h2-10H,1H3. The lowest BCUT2D eigenvalue weighted by Gasteiger charge is -2.10. The van der Waals surface area contributed by atoms with Crippen LogP contribution in [0.5, 0.6) is 0 Å². The molecule has 114 valence electrons. The molecule has 23 heavy (non-hydrogen) atoms. The van der Waals surface area contributed by atoms with Gasteiger partial charge in [0.15, 0.2) is 5.78 Å². The summed E-state index contributed by atoms with van der Waals surface area (Å²) in [6.07, 6.45) is 1.40. The molecule has 3 aromatic rings. The van der Waals surface area contributed by atoms with Crippen molar-refractivity contribution in [1.29, 1.82) is 0 Å². The third-order valence-corrected chi connectivity index (χ3v) is 3.74. The SMILES string of the molecule is COC(=O)c1c(C(=O)c2ccccc2)cnc2ccc(Cl)cc12. The average Bonchev–Trinajstić information content (AvgIpc) is 2.60. The minimum absolute atomic E-state index is 0.175. The molecule has 2 aromatic carbocycles. The minimum atomic E-state index is -0.598. The van der Waals surface area contributed by atoms with Gasteiger partial charge in [-0.1, -0.05) is 41.9 Å². The Morgan fingerprint density at radius 3 is 2.52 bits per heavy atom. The second kappa shape index (κ2) is 6.18. The minimum Gasteiger partial charge on any atom is -0.465 e. The van der Waals surface area contributed by atoms with Crippen LogP contribution >= 0.6 is 11.6 Å². The molecule has 0 fully saturated rings. The maximum atomic E-state index is 12.7. The summed E-state index contributed by atoms with van der Waals surface area (Å²) in [5.41, 5.74) is 1.41. The first-order valence-corrected chi connectivity index (χ1v) is 7.26. The number of hydrogen-bond acceptors (Lipinski definition) is 4. The Hall–Kier alpha value is -2.72. The zero-order valence-electron chi connectivity index (χ0n) is 12.2. The number of fused-ring (bicyclic) bond motifs is 1. The van der Waals surface area contributed by atoms with E-state index in [1.165, 1.54) is 13.3 Å². The van der Waals surface area contributed by atoms with Crippen molar-refractivity contribution in [2.75, 3.05) is 7.11 Å². The second-order valence-electron chi connectivity index (χ2n) is 4.90. The molecule has 0 N–H and O–H groups in total. The van der Waals surface area contributed by atoms with Crippen LogP contribution in [-0.2, 0) is 4.74 Å². The van der Waals surface area contributed by atoms with Gasteiger partial charge in [-0.2, -0.15) is 0 Å². The Balaban J connectivity index is 2.28. The van der Waals surface area contributed by atoms with Crippen molar-refractivity contribution in [2.24, 2.45) is 0 Å². The van der Waals surface area contributed by atoms with Crippen molar-refractivity contribution in [1.82, 2.24) is 4.98 Å². The first kappa shape index (κ1) is 15.2. The molecule has 0 unspecified atom stereocenters. The number of pyridine rings is 1. The molecule has 0 saturated heterocycles. The topological polar surface area (TPSA) is 56.3 Å². The number of aromatic nitrogens is 1. The van der Waals surface area contributed by atoms with Crippen molar-refractivity contribution in [2.45, 2.75) is 0 Å².